The number of sulfonamides is 1. The first-order chi connectivity index (χ1) is 9.52. The van der Waals surface area contributed by atoms with Crippen LogP contribution in [-0.4, -0.2) is 38.8 Å². The van der Waals surface area contributed by atoms with E-state index in [2.05, 4.69) is 9.72 Å². The normalized spacial score (nSPS) is 11.4. The molecule has 0 saturated carbocycles. The second-order valence-corrected chi connectivity index (χ2v) is 6.62. The Balaban J connectivity index is 2.07. The van der Waals surface area contributed by atoms with Gasteiger partial charge in [0, 0.05) is 7.11 Å². The number of thiazole rings is 1. The lowest BCUT2D eigenvalue weighted by Crippen LogP contribution is -2.33. The molecule has 0 bridgehead atoms. The Morgan fingerprint density at radius 3 is 3.00 bits per heavy atom. The predicted octanol–water partition coefficient (Wildman–Crippen LogP) is 1.11. The van der Waals surface area contributed by atoms with Gasteiger partial charge < -0.3 is 9.15 Å². The molecule has 0 aliphatic heterocycles. The van der Waals surface area contributed by atoms with Crippen molar-refractivity contribution in [1.29, 1.82) is 0 Å². The number of furan rings is 1. The van der Waals surface area contributed by atoms with Crippen LogP contribution in [0.5, 0.6) is 0 Å². The Labute approximate surface area is 119 Å². The molecule has 0 spiro atoms. The molecular weight excluding hydrogens is 304 g/mol. The van der Waals surface area contributed by atoms with Gasteiger partial charge in [0.1, 0.15) is 4.88 Å². The van der Waals surface area contributed by atoms with Crippen molar-refractivity contribution in [3.63, 3.8) is 0 Å². The van der Waals surface area contributed by atoms with E-state index in [4.69, 9.17) is 4.42 Å². The number of hydrogen-bond acceptors (Lipinski definition) is 7. The summed E-state index contributed by atoms with van der Waals surface area (Å²) in [5.41, 5.74) is 0. The van der Waals surface area contributed by atoms with E-state index < -0.39 is 15.9 Å². The number of ether oxygens (including phenoxy) is 1. The number of methoxy groups -OCH3 is 1. The maximum absolute atomic E-state index is 11.8. The summed E-state index contributed by atoms with van der Waals surface area (Å²) in [5, 5.41) is 0.509. The summed E-state index contributed by atoms with van der Waals surface area (Å²) in [4.78, 5) is 16.0. The molecule has 0 aliphatic rings. The molecule has 9 heteroatoms. The molecule has 2 aromatic rings. The molecule has 0 saturated heterocycles. The van der Waals surface area contributed by atoms with E-state index in [0.29, 0.717) is 10.8 Å². The highest BCUT2D eigenvalue weighted by atomic mass is 32.2. The number of carbonyl (C=O) groups is 1. The maximum Gasteiger partial charge on any atom is 0.276 e. The molecule has 2 heterocycles. The standard InChI is InChI=1S/C11H12N2O5S2/c1-17-5-6-20(15,16)13-10(14)9-7-12-11(19-9)8-3-2-4-18-8/h2-4,7H,5-6H2,1H3,(H,13,14). The zero-order valence-electron chi connectivity index (χ0n) is 10.5. The van der Waals surface area contributed by atoms with Crippen molar-refractivity contribution < 1.29 is 22.4 Å². The first-order valence-corrected chi connectivity index (χ1v) is 8.02. The van der Waals surface area contributed by atoms with Crippen LogP contribution in [0.2, 0.25) is 0 Å². The summed E-state index contributed by atoms with van der Waals surface area (Å²) in [6.07, 6.45) is 2.80. The number of nitrogens with one attached hydrogen (secondary N) is 1. The summed E-state index contributed by atoms with van der Waals surface area (Å²) in [7, 11) is -2.32. The van der Waals surface area contributed by atoms with E-state index in [-0.39, 0.29) is 17.2 Å². The van der Waals surface area contributed by atoms with Gasteiger partial charge in [-0.25, -0.2) is 18.1 Å². The van der Waals surface area contributed by atoms with Crippen molar-refractivity contribution in [1.82, 2.24) is 9.71 Å². The molecule has 20 heavy (non-hydrogen) atoms. The minimum Gasteiger partial charge on any atom is -0.462 e. The molecule has 0 atom stereocenters. The molecular formula is C11H12N2O5S2. The van der Waals surface area contributed by atoms with E-state index in [1.54, 1.807) is 12.1 Å². The highest BCUT2D eigenvalue weighted by molar-refractivity contribution is 7.90. The molecule has 2 rings (SSSR count). The lowest BCUT2D eigenvalue weighted by molar-refractivity contribution is 0.0985. The van der Waals surface area contributed by atoms with Crippen LogP contribution in [0.15, 0.2) is 29.0 Å². The molecule has 0 radical (unpaired) electrons. The molecule has 7 nitrogen and oxygen atoms in total. The number of aromatic nitrogens is 1. The third kappa shape index (κ3) is 3.65. The van der Waals surface area contributed by atoms with Crippen molar-refractivity contribution in [3.8, 4) is 10.8 Å². The Kier molecular flexibility index (Phi) is 4.53. The summed E-state index contributed by atoms with van der Waals surface area (Å²) in [6.45, 7) is 0.0168. The Bertz CT molecular complexity index is 675. The molecule has 1 amide bonds. The molecule has 1 N–H and O–H groups in total. The van der Waals surface area contributed by atoms with Crippen LogP contribution in [-0.2, 0) is 14.8 Å². The first-order valence-electron chi connectivity index (χ1n) is 5.55. The van der Waals surface area contributed by atoms with Crippen LogP contribution < -0.4 is 4.72 Å². The first kappa shape index (κ1) is 14.7. The van der Waals surface area contributed by atoms with Gasteiger partial charge in [0.25, 0.3) is 5.91 Å². The number of carbonyl (C=O) groups excluding carboxylic acids is 1. The topological polar surface area (TPSA) is 98.5 Å². The summed E-state index contributed by atoms with van der Waals surface area (Å²) < 4.78 is 34.9. The Morgan fingerprint density at radius 1 is 1.55 bits per heavy atom. The van der Waals surface area contributed by atoms with Crippen molar-refractivity contribution >= 4 is 27.3 Å². The highest BCUT2D eigenvalue weighted by Gasteiger charge is 2.19. The average Bonchev–Trinajstić information content (AvgIpc) is 3.05. The fraction of sp³-hybridized carbons (Fsp3) is 0.273. The van der Waals surface area contributed by atoms with Gasteiger partial charge in [-0.2, -0.15) is 0 Å². The quantitative estimate of drug-likeness (QED) is 0.857. The molecule has 2 aromatic heterocycles. The number of rotatable bonds is 6. The van der Waals surface area contributed by atoms with Gasteiger partial charge in [0.2, 0.25) is 10.0 Å². The lowest BCUT2D eigenvalue weighted by atomic mass is 10.5. The van der Waals surface area contributed by atoms with Crippen LogP contribution in [0.4, 0.5) is 0 Å². The Hall–Kier alpha value is -1.71. The van der Waals surface area contributed by atoms with Gasteiger partial charge >= 0.3 is 0 Å². The summed E-state index contributed by atoms with van der Waals surface area (Å²) in [6, 6.07) is 3.40. The zero-order chi connectivity index (χ0) is 14.6. The lowest BCUT2D eigenvalue weighted by Gasteiger charge is -2.04. The molecule has 0 unspecified atom stereocenters. The van der Waals surface area contributed by atoms with E-state index in [9.17, 15) is 13.2 Å². The van der Waals surface area contributed by atoms with Crippen LogP contribution in [0.1, 0.15) is 9.67 Å². The van der Waals surface area contributed by atoms with Gasteiger partial charge in [-0.15, -0.1) is 11.3 Å². The smallest absolute Gasteiger partial charge is 0.276 e. The monoisotopic (exact) mass is 316 g/mol. The fourth-order valence-electron chi connectivity index (χ4n) is 1.33. The van der Waals surface area contributed by atoms with Crippen molar-refractivity contribution in [2.45, 2.75) is 0 Å². The van der Waals surface area contributed by atoms with Crippen LogP contribution in [0, 0.1) is 0 Å². The largest absolute Gasteiger partial charge is 0.462 e. The van der Waals surface area contributed by atoms with Gasteiger partial charge in [-0.1, -0.05) is 0 Å². The van der Waals surface area contributed by atoms with Crippen LogP contribution in [0.3, 0.4) is 0 Å². The molecule has 0 fully saturated rings. The van der Waals surface area contributed by atoms with E-state index in [1.807, 2.05) is 4.72 Å². The SMILES string of the molecule is COCCS(=O)(=O)NC(=O)c1cnc(-c2ccco2)s1. The minimum absolute atomic E-state index is 0.0168. The van der Waals surface area contributed by atoms with Crippen molar-refractivity contribution in [3.05, 3.63) is 29.5 Å². The molecule has 0 aromatic carbocycles. The zero-order valence-corrected chi connectivity index (χ0v) is 12.2. The van der Waals surface area contributed by atoms with Gasteiger partial charge in [0.15, 0.2) is 10.8 Å². The van der Waals surface area contributed by atoms with E-state index in [1.165, 1.54) is 19.6 Å². The Morgan fingerprint density at radius 2 is 2.35 bits per heavy atom. The minimum atomic E-state index is -3.70. The van der Waals surface area contributed by atoms with Crippen LogP contribution >= 0.6 is 11.3 Å². The number of nitrogens with zero attached hydrogens (tertiary/aromatic N) is 1. The maximum atomic E-state index is 11.8. The second kappa shape index (κ2) is 6.16. The predicted molar refractivity (Wildman–Crippen MR) is 72.9 cm³/mol. The summed E-state index contributed by atoms with van der Waals surface area (Å²) >= 11 is 1.05. The van der Waals surface area contributed by atoms with E-state index >= 15 is 0 Å². The van der Waals surface area contributed by atoms with Crippen molar-refractivity contribution in [2.75, 3.05) is 19.5 Å². The number of amides is 1. The van der Waals surface area contributed by atoms with Crippen molar-refractivity contribution in [2.24, 2.45) is 0 Å². The molecule has 0 aliphatic carbocycles. The molecule has 108 valence electrons. The third-order valence-corrected chi connectivity index (χ3v) is 4.48. The van der Waals surface area contributed by atoms with E-state index in [0.717, 1.165) is 11.3 Å². The van der Waals surface area contributed by atoms with Gasteiger partial charge in [-0.3, -0.25) is 4.79 Å². The second-order valence-electron chi connectivity index (χ2n) is 3.75. The number of hydrogen-bond donors (Lipinski definition) is 1. The van der Waals surface area contributed by atoms with Gasteiger partial charge in [0.05, 0.1) is 24.8 Å². The fourth-order valence-corrected chi connectivity index (χ4v) is 3.05. The van der Waals surface area contributed by atoms with Crippen LogP contribution in [0.25, 0.3) is 10.8 Å². The summed E-state index contributed by atoms with van der Waals surface area (Å²) in [5.74, 6) is -0.466. The highest BCUT2D eigenvalue weighted by Crippen LogP contribution is 2.25. The average molecular weight is 316 g/mol. The third-order valence-electron chi connectivity index (χ3n) is 2.27. The van der Waals surface area contributed by atoms with Gasteiger partial charge in [-0.05, 0) is 12.1 Å².